The van der Waals surface area contributed by atoms with Crippen LogP contribution in [0.25, 0.3) is 0 Å². The van der Waals surface area contributed by atoms with Crippen LogP contribution in [-0.2, 0) is 4.79 Å². The summed E-state index contributed by atoms with van der Waals surface area (Å²) >= 11 is 11.9. The van der Waals surface area contributed by atoms with Gasteiger partial charge in [-0.2, -0.15) is 0 Å². The molecular formula is C14H17Cl2NO2. The Balaban J connectivity index is 2.06. The number of amides is 1. The first-order valence-corrected chi connectivity index (χ1v) is 6.91. The van der Waals surface area contributed by atoms with E-state index >= 15 is 0 Å². The summed E-state index contributed by atoms with van der Waals surface area (Å²) in [5.41, 5.74) is 1.05. The average molecular weight is 302 g/mol. The summed E-state index contributed by atoms with van der Waals surface area (Å²) in [6, 6.07) is 7.65. The molecule has 0 saturated heterocycles. The normalized spacial score (nSPS) is 21.6. The maximum Gasteiger partial charge on any atom is 0.229 e. The summed E-state index contributed by atoms with van der Waals surface area (Å²) in [6.45, 7) is 1.98. The van der Waals surface area contributed by atoms with Crippen molar-refractivity contribution in [1.82, 2.24) is 4.90 Å². The largest absolute Gasteiger partial charge is 0.497 e. The van der Waals surface area contributed by atoms with Gasteiger partial charge in [0, 0.05) is 7.05 Å². The van der Waals surface area contributed by atoms with Gasteiger partial charge in [-0.3, -0.25) is 4.79 Å². The second-order valence-corrected chi connectivity index (χ2v) is 6.46. The van der Waals surface area contributed by atoms with Crippen LogP contribution >= 0.6 is 23.2 Å². The highest BCUT2D eigenvalue weighted by molar-refractivity contribution is 6.52. The number of carbonyl (C=O) groups is 1. The lowest BCUT2D eigenvalue weighted by atomic mass is 10.1. The van der Waals surface area contributed by atoms with Gasteiger partial charge in [0.2, 0.25) is 5.91 Å². The molecule has 19 heavy (non-hydrogen) atoms. The van der Waals surface area contributed by atoms with Crippen LogP contribution < -0.4 is 4.74 Å². The maximum atomic E-state index is 12.2. The zero-order valence-corrected chi connectivity index (χ0v) is 12.7. The predicted octanol–water partition coefficient (Wildman–Crippen LogP) is 3.41. The summed E-state index contributed by atoms with van der Waals surface area (Å²) in [4.78, 5) is 13.9. The van der Waals surface area contributed by atoms with E-state index in [1.165, 1.54) is 0 Å². The van der Waals surface area contributed by atoms with Crippen LogP contribution in [0, 0.1) is 5.92 Å². The van der Waals surface area contributed by atoms with Crippen molar-refractivity contribution >= 4 is 29.1 Å². The third-order valence-electron chi connectivity index (χ3n) is 3.65. The first kappa shape index (κ1) is 14.5. The van der Waals surface area contributed by atoms with Crippen molar-refractivity contribution in [2.45, 2.75) is 23.7 Å². The number of halogens is 2. The van der Waals surface area contributed by atoms with Crippen molar-refractivity contribution in [3.05, 3.63) is 29.8 Å². The summed E-state index contributed by atoms with van der Waals surface area (Å²) in [6.07, 6.45) is 0.536. The van der Waals surface area contributed by atoms with Crippen molar-refractivity contribution in [1.29, 1.82) is 0 Å². The van der Waals surface area contributed by atoms with E-state index < -0.39 is 4.33 Å². The topological polar surface area (TPSA) is 29.5 Å². The third-order valence-corrected chi connectivity index (χ3v) is 4.49. The van der Waals surface area contributed by atoms with E-state index in [0.717, 1.165) is 11.3 Å². The highest BCUT2D eigenvalue weighted by Crippen LogP contribution is 2.54. The standard InChI is InChI=1S/C14H17Cl2NO2/c1-9(10-4-6-11(19-3)7-5-10)17(2)13(18)12-8-14(12,15)16/h4-7,9,12H,8H2,1-3H3. The fourth-order valence-electron chi connectivity index (χ4n) is 2.02. The number of carbonyl (C=O) groups excluding carboxylic acids is 1. The first-order valence-electron chi connectivity index (χ1n) is 6.15. The molecule has 0 radical (unpaired) electrons. The van der Waals surface area contributed by atoms with Crippen LogP contribution in [0.3, 0.4) is 0 Å². The van der Waals surface area contributed by atoms with E-state index in [4.69, 9.17) is 27.9 Å². The second-order valence-electron chi connectivity index (χ2n) is 4.92. The van der Waals surface area contributed by atoms with E-state index in [2.05, 4.69) is 0 Å². The van der Waals surface area contributed by atoms with E-state index in [1.54, 1.807) is 19.1 Å². The van der Waals surface area contributed by atoms with E-state index in [9.17, 15) is 4.79 Å². The van der Waals surface area contributed by atoms with Crippen LogP contribution in [0.15, 0.2) is 24.3 Å². The lowest BCUT2D eigenvalue weighted by molar-refractivity contribution is -0.133. The smallest absolute Gasteiger partial charge is 0.229 e. The molecule has 2 rings (SSSR count). The fourth-order valence-corrected chi connectivity index (χ4v) is 2.52. The molecule has 2 atom stereocenters. The number of hydrogen-bond acceptors (Lipinski definition) is 2. The fraction of sp³-hybridized carbons (Fsp3) is 0.500. The molecule has 1 aliphatic carbocycles. The minimum absolute atomic E-state index is 0.00619. The summed E-state index contributed by atoms with van der Waals surface area (Å²) < 4.78 is 4.25. The monoisotopic (exact) mass is 301 g/mol. The second kappa shape index (κ2) is 5.22. The van der Waals surface area contributed by atoms with Crippen LogP contribution in [0.1, 0.15) is 24.9 Å². The summed E-state index contributed by atoms with van der Waals surface area (Å²) in [5, 5.41) is 0. The molecular weight excluding hydrogens is 285 g/mol. The molecule has 0 heterocycles. The Morgan fingerprint density at radius 3 is 2.37 bits per heavy atom. The zero-order chi connectivity index (χ0) is 14.2. The molecule has 1 aromatic carbocycles. The predicted molar refractivity (Wildman–Crippen MR) is 76.7 cm³/mol. The Morgan fingerprint density at radius 2 is 1.95 bits per heavy atom. The lowest BCUT2D eigenvalue weighted by Crippen LogP contribution is -2.32. The molecule has 0 spiro atoms. The summed E-state index contributed by atoms with van der Waals surface area (Å²) in [7, 11) is 3.40. The Labute approximate surface area is 123 Å². The number of rotatable bonds is 4. The highest BCUT2D eigenvalue weighted by atomic mass is 35.5. The minimum Gasteiger partial charge on any atom is -0.497 e. The van der Waals surface area contributed by atoms with Gasteiger partial charge in [-0.05, 0) is 31.0 Å². The lowest BCUT2D eigenvalue weighted by Gasteiger charge is -2.26. The number of nitrogens with zero attached hydrogens (tertiary/aromatic N) is 1. The molecule has 1 amide bonds. The maximum absolute atomic E-state index is 12.2. The molecule has 1 saturated carbocycles. The molecule has 0 N–H and O–H groups in total. The summed E-state index contributed by atoms with van der Waals surface area (Å²) in [5.74, 6) is 0.516. The van der Waals surface area contributed by atoms with E-state index in [0.29, 0.717) is 6.42 Å². The van der Waals surface area contributed by atoms with Crippen LogP contribution in [0.2, 0.25) is 0 Å². The number of alkyl halides is 2. The molecule has 1 fully saturated rings. The van der Waals surface area contributed by atoms with Gasteiger partial charge in [-0.1, -0.05) is 12.1 Å². The molecule has 0 bridgehead atoms. The van der Waals surface area contributed by atoms with Gasteiger partial charge in [-0.15, -0.1) is 23.2 Å². The van der Waals surface area contributed by atoms with Gasteiger partial charge >= 0.3 is 0 Å². The molecule has 0 aliphatic heterocycles. The Hall–Kier alpha value is -0.930. The number of methoxy groups -OCH3 is 1. The number of benzene rings is 1. The number of hydrogen-bond donors (Lipinski definition) is 0. The van der Waals surface area contributed by atoms with Crippen molar-refractivity contribution in [3.8, 4) is 5.75 Å². The van der Waals surface area contributed by atoms with Crippen molar-refractivity contribution in [2.24, 2.45) is 5.92 Å². The zero-order valence-electron chi connectivity index (χ0n) is 11.2. The molecule has 1 aliphatic rings. The minimum atomic E-state index is -0.870. The van der Waals surface area contributed by atoms with Gasteiger partial charge in [0.1, 0.15) is 10.1 Å². The van der Waals surface area contributed by atoms with Gasteiger partial charge in [0.25, 0.3) is 0 Å². The molecule has 2 unspecified atom stereocenters. The molecule has 0 aromatic heterocycles. The molecule has 3 nitrogen and oxygen atoms in total. The van der Waals surface area contributed by atoms with Gasteiger partial charge in [-0.25, -0.2) is 0 Å². The quantitative estimate of drug-likeness (QED) is 0.798. The van der Waals surface area contributed by atoms with Crippen LogP contribution in [0.4, 0.5) is 0 Å². The Kier molecular flexibility index (Phi) is 3.98. The highest BCUT2D eigenvalue weighted by Gasteiger charge is 2.57. The van der Waals surface area contributed by atoms with Crippen molar-refractivity contribution in [3.63, 3.8) is 0 Å². The molecule has 5 heteroatoms. The van der Waals surface area contributed by atoms with Crippen LogP contribution in [-0.4, -0.2) is 29.3 Å². The molecule has 1 aromatic rings. The number of ether oxygens (including phenoxy) is 1. The Morgan fingerprint density at radius 1 is 1.42 bits per heavy atom. The van der Waals surface area contributed by atoms with Gasteiger partial charge in [0.15, 0.2) is 0 Å². The van der Waals surface area contributed by atoms with Gasteiger partial charge < -0.3 is 9.64 Å². The van der Waals surface area contributed by atoms with Gasteiger partial charge in [0.05, 0.1) is 19.1 Å². The third kappa shape index (κ3) is 2.98. The SMILES string of the molecule is COc1ccc(C(C)N(C)C(=O)C2CC2(Cl)Cl)cc1. The van der Waals surface area contributed by atoms with Crippen molar-refractivity contribution < 1.29 is 9.53 Å². The van der Waals surface area contributed by atoms with Crippen molar-refractivity contribution in [2.75, 3.05) is 14.2 Å². The van der Waals surface area contributed by atoms with E-state index in [1.807, 2.05) is 31.2 Å². The first-order chi connectivity index (χ1) is 8.86. The van der Waals surface area contributed by atoms with Crippen LogP contribution in [0.5, 0.6) is 5.75 Å². The average Bonchev–Trinajstić information content (AvgIpc) is 3.05. The Bertz CT molecular complexity index is 473. The van der Waals surface area contributed by atoms with E-state index in [-0.39, 0.29) is 17.9 Å². The molecule has 104 valence electrons.